The Morgan fingerprint density at radius 1 is 0.574 bits per heavy atom. The van der Waals surface area contributed by atoms with E-state index in [1.807, 2.05) is 44.7 Å². The molecule has 0 aliphatic heterocycles. The minimum atomic E-state index is -3.80. The van der Waals surface area contributed by atoms with Gasteiger partial charge in [-0.25, -0.2) is 34.7 Å². The van der Waals surface area contributed by atoms with Crippen LogP contribution in [0.5, 0.6) is 0 Å². The Labute approximate surface area is 318 Å². The molecule has 0 spiro atoms. The first-order valence-electron chi connectivity index (χ1n) is 16.3. The fraction of sp³-hybridized carbons (Fsp3) is 0.0526. The number of fused-ring (bicyclic) bond motifs is 2. The Kier molecular flexibility index (Phi) is 8.87. The van der Waals surface area contributed by atoms with Crippen molar-refractivity contribution < 1.29 is 21.3 Å². The van der Waals surface area contributed by atoms with Crippen molar-refractivity contribution in [2.45, 2.75) is 9.79 Å². The van der Waals surface area contributed by atoms with Gasteiger partial charge in [0.15, 0.2) is 11.3 Å². The molecule has 0 fully saturated rings. The smallest absolute Gasteiger partial charge is 0.269 e. The fourth-order valence-corrected chi connectivity index (χ4v) is 9.10. The molecule has 0 aliphatic carbocycles. The van der Waals surface area contributed by atoms with Crippen molar-refractivity contribution in [3.63, 3.8) is 0 Å². The molecule has 7 aromatic heterocycles. The maximum Gasteiger partial charge on any atom is 0.269 e. The first kappa shape index (κ1) is 35.0. The molecule has 0 unspecified atom stereocenters. The monoisotopic (exact) mass is 820 g/mol. The number of aromatic nitrogens is 8. The molecule has 7 heterocycles. The van der Waals surface area contributed by atoms with Crippen LogP contribution >= 0.6 is 15.9 Å². The number of aryl methyl sites for hydroxylation is 2. The highest BCUT2D eigenvalue weighted by Gasteiger charge is 2.25. The van der Waals surface area contributed by atoms with Crippen LogP contribution in [0.4, 0.5) is 0 Å². The quantitative estimate of drug-likeness (QED) is 0.160. The van der Waals surface area contributed by atoms with Crippen molar-refractivity contribution in [2.75, 3.05) is 0 Å². The van der Waals surface area contributed by atoms with E-state index < -0.39 is 20.0 Å². The number of furan rings is 1. The fourth-order valence-electron chi connectivity index (χ4n) is 6.08. The third-order valence-corrected chi connectivity index (χ3v) is 12.4. The summed E-state index contributed by atoms with van der Waals surface area (Å²) < 4.78 is 64.5. The second-order valence-electron chi connectivity index (χ2n) is 12.3. The summed E-state index contributed by atoms with van der Waals surface area (Å²) in [4.78, 5) is 9.25. The Balaban J connectivity index is 0.000000155. The molecule has 16 heteroatoms. The molecule has 0 aliphatic rings. The van der Waals surface area contributed by atoms with Crippen LogP contribution in [-0.4, -0.2) is 54.3 Å². The zero-order valence-corrected chi connectivity index (χ0v) is 31.8. The lowest BCUT2D eigenvalue weighted by atomic mass is 10.1. The molecule has 0 N–H and O–H groups in total. The third kappa shape index (κ3) is 6.33. The lowest BCUT2D eigenvalue weighted by molar-refractivity contribution is 0.568. The predicted molar refractivity (Wildman–Crippen MR) is 207 cm³/mol. The van der Waals surface area contributed by atoms with E-state index in [0.717, 1.165) is 48.6 Å². The summed E-state index contributed by atoms with van der Waals surface area (Å²) in [5.41, 5.74) is 5.59. The molecular weight excluding hydrogens is 793 g/mol. The number of hydrogen-bond donors (Lipinski definition) is 0. The van der Waals surface area contributed by atoms with E-state index in [-0.39, 0.29) is 9.79 Å². The molecule has 0 radical (unpaired) electrons. The topological polar surface area (TPSA) is 153 Å². The number of pyridine rings is 2. The van der Waals surface area contributed by atoms with Gasteiger partial charge in [0.2, 0.25) is 0 Å². The van der Waals surface area contributed by atoms with E-state index in [4.69, 9.17) is 4.42 Å². The van der Waals surface area contributed by atoms with Crippen LogP contribution in [0, 0.1) is 0 Å². The van der Waals surface area contributed by atoms with Crippen molar-refractivity contribution in [3.8, 4) is 33.4 Å². The van der Waals surface area contributed by atoms with Gasteiger partial charge < -0.3 is 4.42 Å². The number of halogens is 1. The maximum atomic E-state index is 13.3. The lowest BCUT2D eigenvalue weighted by Gasteiger charge is -2.07. The van der Waals surface area contributed by atoms with Crippen molar-refractivity contribution in [1.82, 2.24) is 37.5 Å². The van der Waals surface area contributed by atoms with E-state index in [1.165, 1.54) is 7.94 Å². The van der Waals surface area contributed by atoms with Crippen molar-refractivity contribution in [2.24, 2.45) is 14.1 Å². The molecule has 9 aromatic rings. The minimum absolute atomic E-state index is 0.204. The Morgan fingerprint density at radius 2 is 1.07 bits per heavy atom. The van der Waals surface area contributed by atoms with Gasteiger partial charge in [-0.15, -0.1) is 0 Å². The van der Waals surface area contributed by atoms with Crippen molar-refractivity contribution in [3.05, 3.63) is 145 Å². The van der Waals surface area contributed by atoms with Crippen LogP contribution in [0.2, 0.25) is 0 Å². The Bertz CT molecular complexity index is 3010. The van der Waals surface area contributed by atoms with Crippen molar-refractivity contribution in [1.29, 1.82) is 0 Å². The first-order chi connectivity index (χ1) is 26.0. The van der Waals surface area contributed by atoms with Crippen LogP contribution in [0.15, 0.2) is 160 Å². The standard InChI is InChI=1S/C21H16N4O3S.C17H13BrN4O2S/c1-24-12-17(11-23-24)20-13-25(29(26,27)18-5-3-2-4-6-18)21-19(20)9-16(10-22-21)15-7-8-28-14-15;1-21-10-12(8-20-21)16-11-22(17-15(16)7-13(18)9-19-17)25(23,24)14-5-3-2-4-6-14/h2-14H,1H3;2-11H,1H3. The second-order valence-corrected chi connectivity index (χ2v) is 16.8. The SMILES string of the molecule is Cn1cc(-c2cn(S(=O)(=O)c3ccccc3)c3ncc(-c4ccoc4)cc23)cn1.Cn1cc(-c2cn(S(=O)(=O)c3ccccc3)c3ncc(Br)cc23)cn1. The summed E-state index contributed by atoms with van der Waals surface area (Å²) in [6.45, 7) is 0. The Morgan fingerprint density at radius 3 is 1.54 bits per heavy atom. The van der Waals surface area contributed by atoms with Gasteiger partial charge in [-0.2, -0.15) is 10.2 Å². The minimum Gasteiger partial charge on any atom is -0.472 e. The predicted octanol–water partition coefficient (Wildman–Crippen LogP) is 7.37. The van der Waals surface area contributed by atoms with Crippen molar-refractivity contribution >= 4 is 58.0 Å². The van der Waals surface area contributed by atoms with E-state index in [2.05, 4.69) is 36.1 Å². The summed E-state index contributed by atoms with van der Waals surface area (Å²) in [6, 6.07) is 22.3. The summed E-state index contributed by atoms with van der Waals surface area (Å²) in [6.07, 6.45) is 16.8. The summed E-state index contributed by atoms with van der Waals surface area (Å²) in [5.74, 6) is 0. The highest BCUT2D eigenvalue weighted by Crippen LogP contribution is 2.35. The van der Waals surface area contributed by atoms with Gasteiger partial charge in [-0.1, -0.05) is 36.4 Å². The molecule has 0 saturated heterocycles. The highest BCUT2D eigenvalue weighted by atomic mass is 79.9. The van der Waals surface area contributed by atoms with Crippen LogP contribution in [-0.2, 0) is 34.1 Å². The van der Waals surface area contributed by atoms with E-state index in [1.54, 1.807) is 120 Å². The van der Waals surface area contributed by atoms with E-state index >= 15 is 0 Å². The van der Waals surface area contributed by atoms with Gasteiger partial charge in [-0.3, -0.25) is 9.36 Å². The summed E-state index contributed by atoms with van der Waals surface area (Å²) in [7, 11) is -3.92. The second kappa shape index (κ2) is 13.7. The molecular formula is C38H29BrN8O5S2. The average molecular weight is 822 g/mol. The van der Waals surface area contributed by atoms with Crippen LogP contribution in [0.25, 0.3) is 55.4 Å². The third-order valence-electron chi connectivity index (χ3n) is 8.68. The average Bonchev–Trinajstić information content (AvgIpc) is 4.03. The van der Waals surface area contributed by atoms with Gasteiger partial charge in [-0.05, 0) is 58.4 Å². The molecule has 270 valence electrons. The first-order valence-corrected chi connectivity index (χ1v) is 20.0. The Hall–Kier alpha value is -6.10. The number of hydrogen-bond acceptors (Lipinski definition) is 9. The van der Waals surface area contributed by atoms with Gasteiger partial charge in [0, 0.05) is 99.9 Å². The molecule has 0 atom stereocenters. The normalized spacial score (nSPS) is 11.9. The zero-order chi connectivity index (χ0) is 37.6. The zero-order valence-electron chi connectivity index (χ0n) is 28.6. The number of nitrogens with zero attached hydrogens (tertiary/aromatic N) is 8. The van der Waals surface area contributed by atoms with Gasteiger partial charge in [0.05, 0.1) is 34.7 Å². The molecule has 0 amide bonds. The lowest BCUT2D eigenvalue weighted by Crippen LogP contribution is -2.12. The van der Waals surface area contributed by atoms with Gasteiger partial charge in [0.1, 0.15) is 0 Å². The van der Waals surface area contributed by atoms with Gasteiger partial charge in [0.25, 0.3) is 20.0 Å². The highest BCUT2D eigenvalue weighted by molar-refractivity contribution is 9.10. The largest absolute Gasteiger partial charge is 0.472 e. The molecule has 2 aromatic carbocycles. The van der Waals surface area contributed by atoms with Crippen LogP contribution in [0.3, 0.4) is 0 Å². The van der Waals surface area contributed by atoms with E-state index in [0.29, 0.717) is 11.3 Å². The molecule has 54 heavy (non-hydrogen) atoms. The van der Waals surface area contributed by atoms with Crippen LogP contribution < -0.4 is 0 Å². The molecule has 0 saturated carbocycles. The number of rotatable bonds is 7. The van der Waals surface area contributed by atoms with E-state index in [9.17, 15) is 16.8 Å². The molecule has 13 nitrogen and oxygen atoms in total. The van der Waals surface area contributed by atoms with Crippen LogP contribution in [0.1, 0.15) is 0 Å². The summed E-state index contributed by atoms with van der Waals surface area (Å²) >= 11 is 3.41. The maximum absolute atomic E-state index is 13.3. The summed E-state index contributed by atoms with van der Waals surface area (Å²) in [5, 5.41) is 9.86. The molecule has 0 bridgehead atoms. The number of benzene rings is 2. The molecule has 9 rings (SSSR count). The van der Waals surface area contributed by atoms with Gasteiger partial charge >= 0.3 is 0 Å².